The lowest BCUT2D eigenvalue weighted by atomic mass is 9.91. The van der Waals surface area contributed by atoms with Crippen molar-refractivity contribution in [1.82, 2.24) is 4.90 Å². The van der Waals surface area contributed by atoms with Gasteiger partial charge in [-0.05, 0) is 39.5 Å². The molecule has 0 unspecified atom stereocenters. The lowest BCUT2D eigenvalue weighted by Gasteiger charge is -2.34. The highest BCUT2D eigenvalue weighted by Crippen LogP contribution is 2.21. The van der Waals surface area contributed by atoms with Crippen molar-refractivity contribution in [2.75, 3.05) is 19.6 Å². The van der Waals surface area contributed by atoms with Gasteiger partial charge in [-0.3, -0.25) is 0 Å². The number of hydrogen-bond donors (Lipinski definition) is 2. The zero-order valence-corrected chi connectivity index (χ0v) is 11.1. The van der Waals surface area contributed by atoms with Crippen LogP contribution in [-0.2, 0) is 4.74 Å². The van der Waals surface area contributed by atoms with Gasteiger partial charge < -0.3 is 20.5 Å². The van der Waals surface area contributed by atoms with Crippen molar-refractivity contribution in [1.29, 1.82) is 0 Å². The van der Waals surface area contributed by atoms with Gasteiger partial charge in [-0.15, -0.1) is 0 Å². The fraction of sp³-hybridized carbons (Fsp3) is 0.917. The van der Waals surface area contributed by atoms with Crippen LogP contribution in [0, 0.1) is 5.92 Å². The van der Waals surface area contributed by atoms with Crippen molar-refractivity contribution in [3.63, 3.8) is 0 Å². The van der Waals surface area contributed by atoms with Crippen LogP contribution in [-0.4, -0.2) is 47.4 Å². The highest BCUT2D eigenvalue weighted by molar-refractivity contribution is 5.68. The second-order valence-corrected chi connectivity index (χ2v) is 5.66. The first kappa shape index (κ1) is 14.3. The molecule has 1 aliphatic rings. The summed E-state index contributed by atoms with van der Waals surface area (Å²) in [5.41, 5.74) is 3.26. The van der Waals surface area contributed by atoms with Crippen LogP contribution in [0.3, 0.4) is 0 Å². The smallest absolute Gasteiger partial charge is 0.410 e. The molecule has 0 aromatic carbocycles. The number of aliphatic hydroxyl groups excluding tert-OH is 1. The van der Waals surface area contributed by atoms with Crippen LogP contribution < -0.4 is 5.73 Å². The lowest BCUT2D eigenvalue weighted by molar-refractivity contribution is -0.387. The first-order valence-corrected chi connectivity index (χ1v) is 6.28. The minimum Gasteiger partial charge on any atom is -0.444 e. The van der Waals surface area contributed by atoms with Crippen molar-refractivity contribution in [2.24, 2.45) is 5.92 Å². The molecule has 4 N–H and O–H groups in total. The third-order valence-corrected chi connectivity index (χ3v) is 3.03. The van der Waals surface area contributed by atoms with E-state index < -0.39 is 5.60 Å². The van der Waals surface area contributed by atoms with Crippen LogP contribution >= 0.6 is 0 Å². The highest BCUT2D eigenvalue weighted by atomic mass is 16.6. The zero-order chi connectivity index (χ0) is 13.1. The van der Waals surface area contributed by atoms with Gasteiger partial charge in [-0.1, -0.05) is 0 Å². The van der Waals surface area contributed by atoms with Crippen LogP contribution in [0.1, 0.15) is 33.6 Å². The maximum Gasteiger partial charge on any atom is 0.410 e. The number of carbonyl (C=O) groups is 1. The van der Waals surface area contributed by atoms with Crippen LogP contribution in [0.5, 0.6) is 0 Å². The van der Waals surface area contributed by atoms with Crippen molar-refractivity contribution in [2.45, 2.75) is 45.3 Å². The minimum absolute atomic E-state index is 0.250. The summed E-state index contributed by atoms with van der Waals surface area (Å²) in [7, 11) is 0. The number of aliphatic hydroxyl groups is 1. The molecule has 1 rings (SSSR count). The average molecular weight is 245 g/mol. The number of quaternary nitrogens is 1. The number of piperidine rings is 1. The molecule has 0 aromatic rings. The van der Waals surface area contributed by atoms with Crippen molar-refractivity contribution in [3.05, 3.63) is 0 Å². The Labute approximate surface area is 103 Å². The molecule has 1 aliphatic heterocycles. The average Bonchev–Trinajstić information content (AvgIpc) is 2.26. The summed E-state index contributed by atoms with van der Waals surface area (Å²) in [4.78, 5) is 13.5. The predicted molar refractivity (Wildman–Crippen MR) is 64.3 cm³/mol. The van der Waals surface area contributed by atoms with Crippen LogP contribution in [0.4, 0.5) is 4.79 Å². The number of amides is 1. The molecule has 5 nitrogen and oxygen atoms in total. The van der Waals surface area contributed by atoms with E-state index >= 15 is 0 Å². The topological polar surface area (TPSA) is 77.4 Å². The summed E-state index contributed by atoms with van der Waals surface area (Å²) in [6, 6.07) is 0. The molecule has 0 aromatic heterocycles. The summed E-state index contributed by atoms with van der Waals surface area (Å²) in [5, 5.41) is 9.70. The molecule has 1 amide bonds. The fourth-order valence-corrected chi connectivity index (χ4v) is 2.03. The monoisotopic (exact) mass is 245 g/mol. The Morgan fingerprint density at radius 1 is 1.47 bits per heavy atom. The van der Waals surface area contributed by atoms with E-state index in [4.69, 9.17) is 4.74 Å². The van der Waals surface area contributed by atoms with Gasteiger partial charge >= 0.3 is 6.09 Å². The van der Waals surface area contributed by atoms with E-state index in [9.17, 15) is 9.90 Å². The molecule has 0 bridgehead atoms. The van der Waals surface area contributed by atoms with Gasteiger partial charge in [0.15, 0.2) is 0 Å². The van der Waals surface area contributed by atoms with Crippen molar-refractivity contribution >= 4 is 6.09 Å². The van der Waals surface area contributed by atoms with Crippen LogP contribution in [0.25, 0.3) is 0 Å². The molecule has 0 radical (unpaired) electrons. The van der Waals surface area contributed by atoms with E-state index in [1.54, 1.807) is 4.90 Å². The van der Waals surface area contributed by atoms with Crippen LogP contribution in [0.15, 0.2) is 0 Å². The molecule has 0 saturated carbocycles. The SMILES string of the molecule is CC(C)(C)OC(=O)N1CCC([C@H](O)C[NH3+])CC1. The quantitative estimate of drug-likeness (QED) is 0.731. The van der Waals surface area contributed by atoms with E-state index in [0.29, 0.717) is 19.6 Å². The summed E-state index contributed by atoms with van der Waals surface area (Å²) in [5.74, 6) is 0.270. The van der Waals surface area contributed by atoms with Crippen molar-refractivity contribution in [3.8, 4) is 0 Å². The lowest BCUT2D eigenvalue weighted by Crippen LogP contribution is -2.58. The van der Waals surface area contributed by atoms with Gasteiger partial charge in [0.2, 0.25) is 0 Å². The summed E-state index contributed by atoms with van der Waals surface area (Å²) in [6.07, 6.45) is 1.07. The molecule has 1 heterocycles. The van der Waals surface area contributed by atoms with Crippen molar-refractivity contribution < 1.29 is 20.4 Å². The van der Waals surface area contributed by atoms with E-state index in [1.807, 2.05) is 20.8 Å². The maximum absolute atomic E-state index is 11.8. The van der Waals surface area contributed by atoms with E-state index in [-0.39, 0.29) is 18.1 Å². The molecule has 17 heavy (non-hydrogen) atoms. The first-order chi connectivity index (χ1) is 7.83. The van der Waals surface area contributed by atoms with E-state index in [2.05, 4.69) is 5.73 Å². The Bertz CT molecular complexity index is 255. The van der Waals surface area contributed by atoms with Gasteiger partial charge in [0.05, 0.1) is 0 Å². The summed E-state index contributed by atoms with van der Waals surface area (Å²) >= 11 is 0. The molecular formula is C12H25N2O3+. The standard InChI is InChI=1S/C12H24N2O3/c1-12(2,3)17-11(16)14-6-4-9(5-7-14)10(15)8-13/h9-10,15H,4-8,13H2,1-3H3/p+1/t10-/m1/s1. The van der Waals surface area contributed by atoms with Gasteiger partial charge in [-0.2, -0.15) is 0 Å². The Hall–Kier alpha value is -0.810. The van der Waals surface area contributed by atoms with Gasteiger partial charge in [0.25, 0.3) is 0 Å². The molecular weight excluding hydrogens is 220 g/mol. The maximum atomic E-state index is 11.8. The number of nitrogens with zero attached hydrogens (tertiary/aromatic N) is 1. The molecule has 5 heteroatoms. The summed E-state index contributed by atoms with van der Waals surface area (Å²) in [6.45, 7) is 7.46. The van der Waals surface area contributed by atoms with Crippen LogP contribution in [0.2, 0.25) is 0 Å². The molecule has 0 aliphatic carbocycles. The number of carbonyl (C=O) groups excluding carboxylic acids is 1. The number of likely N-dealkylation sites (tertiary alicyclic amines) is 1. The van der Waals surface area contributed by atoms with Gasteiger partial charge in [0, 0.05) is 13.1 Å². The Morgan fingerprint density at radius 3 is 2.41 bits per heavy atom. The first-order valence-electron chi connectivity index (χ1n) is 6.28. The third-order valence-electron chi connectivity index (χ3n) is 3.03. The molecule has 1 fully saturated rings. The Balaban J connectivity index is 2.39. The zero-order valence-electron chi connectivity index (χ0n) is 11.1. The second-order valence-electron chi connectivity index (χ2n) is 5.66. The highest BCUT2D eigenvalue weighted by Gasteiger charge is 2.29. The number of hydrogen-bond acceptors (Lipinski definition) is 3. The molecule has 0 spiro atoms. The number of rotatable bonds is 2. The fourth-order valence-electron chi connectivity index (χ4n) is 2.03. The predicted octanol–water partition coefficient (Wildman–Crippen LogP) is 0.236. The molecule has 100 valence electrons. The largest absolute Gasteiger partial charge is 0.444 e. The van der Waals surface area contributed by atoms with Gasteiger partial charge in [-0.25, -0.2) is 4.79 Å². The van der Waals surface area contributed by atoms with Gasteiger partial charge in [0.1, 0.15) is 18.2 Å². The Kier molecular flexibility index (Phi) is 4.77. The normalized spacial score (nSPS) is 20.2. The van der Waals surface area contributed by atoms with E-state index in [0.717, 1.165) is 12.8 Å². The molecule has 1 atom stereocenters. The minimum atomic E-state index is -0.444. The molecule has 1 saturated heterocycles. The second kappa shape index (κ2) is 5.69. The van der Waals surface area contributed by atoms with E-state index in [1.165, 1.54) is 0 Å². The third kappa shape index (κ3) is 4.52. The Morgan fingerprint density at radius 2 is 2.00 bits per heavy atom. The summed E-state index contributed by atoms with van der Waals surface area (Å²) < 4.78 is 5.31. The number of ether oxygens (including phenoxy) is 1.